The molecule has 0 saturated heterocycles. The summed E-state index contributed by atoms with van der Waals surface area (Å²) in [7, 11) is 1.64. The SMILES string of the molecule is COCc1ccc(CNCCOCC(F)(F)F)cc1. The standard InChI is InChI=1S/C13H18F3NO2/c1-18-9-12-4-2-11(3-5-12)8-17-6-7-19-10-13(14,15)16/h2-5,17H,6-10H2,1H3. The van der Waals surface area contributed by atoms with E-state index in [4.69, 9.17) is 4.74 Å². The number of halogens is 3. The fourth-order valence-electron chi connectivity index (χ4n) is 1.48. The van der Waals surface area contributed by atoms with E-state index in [-0.39, 0.29) is 6.61 Å². The molecule has 1 rings (SSSR count). The molecule has 0 aliphatic rings. The Kier molecular flexibility index (Phi) is 6.83. The number of nitrogens with one attached hydrogen (secondary N) is 1. The first-order chi connectivity index (χ1) is 9.01. The molecule has 0 saturated carbocycles. The number of benzene rings is 1. The van der Waals surface area contributed by atoms with E-state index in [2.05, 4.69) is 10.1 Å². The van der Waals surface area contributed by atoms with Crippen molar-refractivity contribution in [1.29, 1.82) is 0 Å². The summed E-state index contributed by atoms with van der Waals surface area (Å²) in [5, 5.41) is 3.02. The first kappa shape index (κ1) is 15.9. The van der Waals surface area contributed by atoms with E-state index >= 15 is 0 Å². The number of alkyl halides is 3. The van der Waals surface area contributed by atoms with Crippen LogP contribution in [-0.4, -0.2) is 33.0 Å². The highest BCUT2D eigenvalue weighted by Crippen LogP contribution is 2.13. The minimum absolute atomic E-state index is 0.0429. The Hall–Kier alpha value is -1.11. The lowest BCUT2D eigenvalue weighted by Crippen LogP contribution is -2.23. The number of hydrogen-bond donors (Lipinski definition) is 1. The largest absolute Gasteiger partial charge is 0.411 e. The van der Waals surface area contributed by atoms with Crippen LogP contribution in [0, 0.1) is 0 Å². The molecule has 0 fully saturated rings. The normalized spacial score (nSPS) is 11.8. The monoisotopic (exact) mass is 277 g/mol. The molecule has 0 aliphatic carbocycles. The molecular weight excluding hydrogens is 259 g/mol. The van der Waals surface area contributed by atoms with Gasteiger partial charge in [-0.1, -0.05) is 24.3 Å². The zero-order valence-corrected chi connectivity index (χ0v) is 10.8. The molecule has 1 N–H and O–H groups in total. The average Bonchev–Trinajstić information content (AvgIpc) is 2.35. The Morgan fingerprint density at radius 3 is 2.32 bits per heavy atom. The van der Waals surface area contributed by atoms with E-state index in [1.54, 1.807) is 7.11 Å². The number of rotatable bonds is 8. The van der Waals surface area contributed by atoms with Crippen LogP contribution in [0.2, 0.25) is 0 Å². The molecule has 19 heavy (non-hydrogen) atoms. The summed E-state index contributed by atoms with van der Waals surface area (Å²) < 4.78 is 44.8. The number of ether oxygens (including phenoxy) is 2. The minimum Gasteiger partial charge on any atom is -0.380 e. The molecule has 1 aromatic rings. The van der Waals surface area contributed by atoms with Gasteiger partial charge in [0, 0.05) is 20.2 Å². The Morgan fingerprint density at radius 1 is 1.11 bits per heavy atom. The second-order valence-electron chi connectivity index (χ2n) is 4.09. The quantitative estimate of drug-likeness (QED) is 0.741. The second-order valence-corrected chi connectivity index (χ2v) is 4.09. The van der Waals surface area contributed by atoms with Gasteiger partial charge < -0.3 is 14.8 Å². The smallest absolute Gasteiger partial charge is 0.380 e. The van der Waals surface area contributed by atoms with Crippen molar-refractivity contribution in [3.63, 3.8) is 0 Å². The van der Waals surface area contributed by atoms with E-state index in [1.165, 1.54) is 0 Å². The highest BCUT2D eigenvalue weighted by molar-refractivity contribution is 5.21. The van der Waals surface area contributed by atoms with Gasteiger partial charge in [-0.3, -0.25) is 0 Å². The van der Waals surface area contributed by atoms with Crippen molar-refractivity contribution >= 4 is 0 Å². The molecule has 6 heteroatoms. The van der Waals surface area contributed by atoms with Crippen molar-refractivity contribution in [2.45, 2.75) is 19.3 Å². The summed E-state index contributed by atoms with van der Waals surface area (Å²) in [5.74, 6) is 0. The zero-order chi connectivity index (χ0) is 14.1. The molecule has 108 valence electrons. The van der Waals surface area contributed by atoms with E-state index in [0.29, 0.717) is 19.7 Å². The summed E-state index contributed by atoms with van der Waals surface area (Å²) in [6, 6.07) is 7.83. The van der Waals surface area contributed by atoms with Crippen LogP contribution in [0.5, 0.6) is 0 Å². The second kappa shape index (κ2) is 8.14. The van der Waals surface area contributed by atoms with Gasteiger partial charge in [-0.25, -0.2) is 0 Å². The molecule has 0 unspecified atom stereocenters. The zero-order valence-electron chi connectivity index (χ0n) is 10.8. The van der Waals surface area contributed by atoms with Crippen LogP contribution in [0.3, 0.4) is 0 Å². The van der Waals surface area contributed by atoms with E-state index < -0.39 is 12.8 Å². The van der Waals surface area contributed by atoms with Gasteiger partial charge in [0.2, 0.25) is 0 Å². The molecule has 0 heterocycles. The maximum absolute atomic E-state index is 11.8. The van der Waals surface area contributed by atoms with Crippen molar-refractivity contribution in [3.05, 3.63) is 35.4 Å². The molecule has 0 radical (unpaired) electrons. The third-order valence-electron chi connectivity index (χ3n) is 2.35. The Balaban J connectivity index is 2.12. The van der Waals surface area contributed by atoms with Crippen molar-refractivity contribution < 1.29 is 22.6 Å². The lowest BCUT2D eigenvalue weighted by molar-refractivity contribution is -0.173. The highest BCUT2D eigenvalue weighted by atomic mass is 19.4. The van der Waals surface area contributed by atoms with Crippen LogP contribution in [0.1, 0.15) is 11.1 Å². The van der Waals surface area contributed by atoms with Crippen molar-refractivity contribution in [1.82, 2.24) is 5.32 Å². The van der Waals surface area contributed by atoms with Gasteiger partial charge in [-0.15, -0.1) is 0 Å². The van der Waals surface area contributed by atoms with Crippen LogP contribution in [-0.2, 0) is 22.6 Å². The molecule has 0 atom stereocenters. The number of methoxy groups -OCH3 is 1. The third-order valence-corrected chi connectivity index (χ3v) is 2.35. The van der Waals surface area contributed by atoms with E-state index in [9.17, 15) is 13.2 Å². The van der Waals surface area contributed by atoms with Crippen LogP contribution in [0.4, 0.5) is 13.2 Å². The van der Waals surface area contributed by atoms with Gasteiger partial charge in [-0.05, 0) is 11.1 Å². The lowest BCUT2D eigenvalue weighted by atomic mass is 10.1. The van der Waals surface area contributed by atoms with Crippen LogP contribution in [0.15, 0.2) is 24.3 Å². The molecular formula is C13H18F3NO2. The molecule has 0 amide bonds. The third kappa shape index (κ3) is 7.81. The topological polar surface area (TPSA) is 30.5 Å². The number of hydrogen-bond acceptors (Lipinski definition) is 3. The fraction of sp³-hybridized carbons (Fsp3) is 0.538. The maximum Gasteiger partial charge on any atom is 0.411 e. The summed E-state index contributed by atoms with van der Waals surface area (Å²) >= 11 is 0. The Morgan fingerprint density at radius 2 is 1.74 bits per heavy atom. The Bertz CT molecular complexity index is 352. The molecule has 0 aliphatic heterocycles. The van der Waals surface area contributed by atoms with Gasteiger partial charge >= 0.3 is 6.18 Å². The van der Waals surface area contributed by atoms with Gasteiger partial charge in [0.25, 0.3) is 0 Å². The molecule has 0 spiro atoms. The maximum atomic E-state index is 11.8. The van der Waals surface area contributed by atoms with Gasteiger partial charge in [-0.2, -0.15) is 13.2 Å². The highest BCUT2D eigenvalue weighted by Gasteiger charge is 2.27. The molecule has 0 aromatic heterocycles. The summed E-state index contributed by atoms with van der Waals surface area (Å²) in [4.78, 5) is 0. The van der Waals surface area contributed by atoms with Gasteiger partial charge in [0.05, 0.1) is 13.2 Å². The van der Waals surface area contributed by atoms with Crippen molar-refractivity contribution in [2.24, 2.45) is 0 Å². The average molecular weight is 277 g/mol. The van der Waals surface area contributed by atoms with Crippen LogP contribution in [0.25, 0.3) is 0 Å². The van der Waals surface area contributed by atoms with Crippen LogP contribution >= 0.6 is 0 Å². The first-order valence-electron chi connectivity index (χ1n) is 5.93. The first-order valence-corrected chi connectivity index (χ1v) is 5.93. The molecule has 1 aromatic carbocycles. The van der Waals surface area contributed by atoms with Gasteiger partial charge in [0.1, 0.15) is 6.61 Å². The summed E-state index contributed by atoms with van der Waals surface area (Å²) in [6.45, 7) is 0.402. The van der Waals surface area contributed by atoms with Gasteiger partial charge in [0.15, 0.2) is 0 Å². The molecule has 3 nitrogen and oxygen atoms in total. The molecule has 0 bridgehead atoms. The predicted molar refractivity (Wildman–Crippen MR) is 65.7 cm³/mol. The predicted octanol–water partition coefficient (Wildman–Crippen LogP) is 2.50. The van der Waals surface area contributed by atoms with Crippen molar-refractivity contribution in [3.8, 4) is 0 Å². The minimum atomic E-state index is -4.25. The summed E-state index contributed by atoms with van der Waals surface area (Å²) in [5.41, 5.74) is 2.15. The lowest BCUT2D eigenvalue weighted by Gasteiger charge is -2.08. The summed E-state index contributed by atoms with van der Waals surface area (Å²) in [6.07, 6.45) is -4.25. The fourth-order valence-corrected chi connectivity index (χ4v) is 1.48. The van der Waals surface area contributed by atoms with Crippen molar-refractivity contribution in [2.75, 3.05) is 26.9 Å². The van der Waals surface area contributed by atoms with Crippen LogP contribution < -0.4 is 5.32 Å². The Labute approximate surface area is 110 Å². The van der Waals surface area contributed by atoms with E-state index in [0.717, 1.165) is 11.1 Å². The van der Waals surface area contributed by atoms with E-state index in [1.807, 2.05) is 24.3 Å².